The van der Waals surface area contributed by atoms with Crippen molar-refractivity contribution < 1.29 is 9.84 Å². The molecule has 0 amide bonds. The maximum Gasteiger partial charge on any atom is 0.170 e. The zero-order valence-corrected chi connectivity index (χ0v) is 12.6. The summed E-state index contributed by atoms with van der Waals surface area (Å²) in [5.74, 6) is 0.565. The monoisotopic (exact) mass is 366 g/mol. The van der Waals surface area contributed by atoms with Crippen molar-refractivity contribution in [2.24, 2.45) is 0 Å². The minimum Gasteiger partial charge on any atom is -0.504 e. The van der Waals surface area contributed by atoms with Crippen LogP contribution in [0.1, 0.15) is 0 Å². The Kier molecular flexibility index (Phi) is 4.28. The lowest BCUT2D eigenvalue weighted by atomic mass is 10.3. The second-order valence-corrected chi connectivity index (χ2v) is 5.52. The lowest BCUT2D eigenvalue weighted by Crippen LogP contribution is -1.86. The standard InChI is InChI=1S/C12H6BrCl3O2/c13-7-4-12(10(17)5-8(7)15)18-11-2-1-6(14)3-9(11)16/h1-5,17H. The topological polar surface area (TPSA) is 29.5 Å². The maximum atomic E-state index is 9.72. The lowest BCUT2D eigenvalue weighted by molar-refractivity contribution is 0.411. The molecular formula is C12H6BrCl3O2. The molecule has 0 radical (unpaired) electrons. The molecule has 18 heavy (non-hydrogen) atoms. The summed E-state index contributed by atoms with van der Waals surface area (Å²) in [5, 5.41) is 11.0. The molecule has 0 aliphatic heterocycles. The van der Waals surface area contributed by atoms with Crippen LogP contribution in [0.4, 0.5) is 0 Å². The van der Waals surface area contributed by atoms with E-state index in [2.05, 4.69) is 15.9 Å². The number of ether oxygens (including phenoxy) is 1. The van der Waals surface area contributed by atoms with Gasteiger partial charge < -0.3 is 9.84 Å². The summed E-state index contributed by atoms with van der Waals surface area (Å²) < 4.78 is 6.11. The van der Waals surface area contributed by atoms with E-state index in [1.54, 1.807) is 24.3 Å². The van der Waals surface area contributed by atoms with E-state index in [0.717, 1.165) is 0 Å². The molecule has 0 unspecified atom stereocenters. The Hall–Kier alpha value is -0.610. The van der Waals surface area contributed by atoms with Crippen LogP contribution >= 0.6 is 50.7 Å². The molecule has 0 aliphatic carbocycles. The van der Waals surface area contributed by atoms with Crippen molar-refractivity contribution >= 4 is 50.7 Å². The quantitative estimate of drug-likeness (QED) is 0.714. The van der Waals surface area contributed by atoms with E-state index in [0.29, 0.717) is 25.3 Å². The van der Waals surface area contributed by atoms with Crippen LogP contribution in [-0.4, -0.2) is 5.11 Å². The van der Waals surface area contributed by atoms with E-state index in [-0.39, 0.29) is 11.5 Å². The second-order valence-electron chi connectivity index (χ2n) is 3.41. The minimum atomic E-state index is -0.0748. The number of aromatic hydroxyl groups is 1. The molecule has 94 valence electrons. The lowest BCUT2D eigenvalue weighted by Gasteiger charge is -2.10. The highest BCUT2D eigenvalue weighted by atomic mass is 79.9. The fourth-order valence-electron chi connectivity index (χ4n) is 1.28. The average molecular weight is 368 g/mol. The molecule has 2 aromatic carbocycles. The van der Waals surface area contributed by atoms with Crippen LogP contribution in [-0.2, 0) is 0 Å². The first kappa shape index (κ1) is 13.8. The van der Waals surface area contributed by atoms with E-state index >= 15 is 0 Å². The van der Waals surface area contributed by atoms with Crippen LogP contribution in [0.2, 0.25) is 15.1 Å². The van der Waals surface area contributed by atoms with Gasteiger partial charge in [0.1, 0.15) is 5.75 Å². The van der Waals surface area contributed by atoms with Gasteiger partial charge >= 0.3 is 0 Å². The minimum absolute atomic E-state index is 0.0748. The molecular weight excluding hydrogens is 362 g/mol. The largest absolute Gasteiger partial charge is 0.504 e. The molecule has 2 aromatic rings. The summed E-state index contributed by atoms with van der Waals surface area (Å²) >= 11 is 20.8. The highest BCUT2D eigenvalue weighted by Gasteiger charge is 2.10. The zero-order chi connectivity index (χ0) is 13.3. The summed E-state index contributed by atoms with van der Waals surface area (Å²) in [6.45, 7) is 0. The van der Waals surface area contributed by atoms with Gasteiger partial charge in [-0.3, -0.25) is 0 Å². The Morgan fingerprint density at radius 2 is 1.67 bits per heavy atom. The van der Waals surface area contributed by atoms with Crippen LogP contribution < -0.4 is 4.74 Å². The summed E-state index contributed by atoms with van der Waals surface area (Å²) in [7, 11) is 0. The Bertz CT molecular complexity index is 602. The van der Waals surface area contributed by atoms with Gasteiger partial charge in [0.05, 0.1) is 10.0 Å². The van der Waals surface area contributed by atoms with Crippen molar-refractivity contribution in [2.45, 2.75) is 0 Å². The third-order valence-corrected chi connectivity index (χ3v) is 3.84. The van der Waals surface area contributed by atoms with Crippen molar-refractivity contribution in [1.82, 2.24) is 0 Å². The van der Waals surface area contributed by atoms with Gasteiger partial charge in [-0.1, -0.05) is 34.8 Å². The number of phenols is 1. The molecule has 0 saturated heterocycles. The number of halogens is 4. The number of hydrogen-bond donors (Lipinski definition) is 1. The third-order valence-electron chi connectivity index (χ3n) is 2.12. The number of rotatable bonds is 2. The van der Waals surface area contributed by atoms with Crippen molar-refractivity contribution in [2.75, 3.05) is 0 Å². The number of hydrogen-bond acceptors (Lipinski definition) is 2. The van der Waals surface area contributed by atoms with Gasteiger partial charge in [-0.2, -0.15) is 0 Å². The first-order valence-corrected chi connectivity index (χ1v) is 6.71. The average Bonchev–Trinajstić information content (AvgIpc) is 2.29. The van der Waals surface area contributed by atoms with E-state index in [9.17, 15) is 5.11 Å². The van der Waals surface area contributed by atoms with Gasteiger partial charge in [0.2, 0.25) is 0 Å². The summed E-state index contributed by atoms with van der Waals surface area (Å²) in [4.78, 5) is 0. The SMILES string of the molecule is Oc1cc(Cl)c(Br)cc1Oc1ccc(Cl)cc1Cl. The smallest absolute Gasteiger partial charge is 0.170 e. The Morgan fingerprint density at radius 1 is 0.944 bits per heavy atom. The molecule has 0 spiro atoms. The number of phenolic OH excluding ortho intramolecular Hbond substituents is 1. The molecule has 0 aromatic heterocycles. The van der Waals surface area contributed by atoms with Gasteiger partial charge in [0, 0.05) is 21.6 Å². The second kappa shape index (κ2) is 5.57. The van der Waals surface area contributed by atoms with E-state index < -0.39 is 0 Å². The van der Waals surface area contributed by atoms with Gasteiger partial charge in [-0.25, -0.2) is 0 Å². The van der Waals surface area contributed by atoms with Gasteiger partial charge in [0.15, 0.2) is 11.5 Å². The van der Waals surface area contributed by atoms with Crippen molar-refractivity contribution in [1.29, 1.82) is 0 Å². The number of benzene rings is 2. The predicted molar refractivity (Wildman–Crippen MR) is 77.4 cm³/mol. The van der Waals surface area contributed by atoms with Crippen LogP contribution in [0.5, 0.6) is 17.2 Å². The van der Waals surface area contributed by atoms with Crippen LogP contribution in [0, 0.1) is 0 Å². The van der Waals surface area contributed by atoms with Gasteiger partial charge in [-0.05, 0) is 34.1 Å². The van der Waals surface area contributed by atoms with Crippen LogP contribution in [0.3, 0.4) is 0 Å². The zero-order valence-electron chi connectivity index (χ0n) is 8.75. The fraction of sp³-hybridized carbons (Fsp3) is 0. The Labute approximate surface area is 127 Å². The highest BCUT2D eigenvalue weighted by molar-refractivity contribution is 9.10. The predicted octanol–water partition coefficient (Wildman–Crippen LogP) is 5.91. The molecule has 2 nitrogen and oxygen atoms in total. The molecule has 0 bridgehead atoms. The van der Waals surface area contributed by atoms with E-state index in [1.165, 1.54) is 6.07 Å². The normalized spacial score (nSPS) is 10.4. The molecule has 6 heteroatoms. The molecule has 0 atom stereocenters. The molecule has 1 N–H and O–H groups in total. The van der Waals surface area contributed by atoms with E-state index in [4.69, 9.17) is 39.5 Å². The summed E-state index contributed by atoms with van der Waals surface area (Å²) in [5.41, 5.74) is 0. The summed E-state index contributed by atoms with van der Waals surface area (Å²) in [6.07, 6.45) is 0. The molecule has 2 rings (SSSR count). The van der Waals surface area contributed by atoms with Gasteiger partial charge in [0.25, 0.3) is 0 Å². The Balaban J connectivity index is 2.37. The maximum absolute atomic E-state index is 9.72. The molecule has 0 aliphatic rings. The Morgan fingerprint density at radius 3 is 2.33 bits per heavy atom. The first-order chi connectivity index (χ1) is 8.47. The summed E-state index contributed by atoms with van der Waals surface area (Å²) in [6, 6.07) is 7.76. The third kappa shape index (κ3) is 3.04. The van der Waals surface area contributed by atoms with Crippen molar-refractivity contribution in [3.8, 4) is 17.2 Å². The van der Waals surface area contributed by atoms with E-state index in [1.807, 2.05) is 0 Å². The molecule has 0 heterocycles. The fourth-order valence-corrected chi connectivity index (χ4v) is 2.20. The van der Waals surface area contributed by atoms with Crippen LogP contribution in [0.25, 0.3) is 0 Å². The first-order valence-electron chi connectivity index (χ1n) is 4.78. The highest BCUT2D eigenvalue weighted by Crippen LogP contribution is 2.39. The van der Waals surface area contributed by atoms with Crippen LogP contribution in [0.15, 0.2) is 34.8 Å². The van der Waals surface area contributed by atoms with Crippen molar-refractivity contribution in [3.63, 3.8) is 0 Å². The molecule has 0 fully saturated rings. The van der Waals surface area contributed by atoms with Crippen molar-refractivity contribution in [3.05, 3.63) is 49.9 Å². The molecule has 0 saturated carbocycles. The van der Waals surface area contributed by atoms with Gasteiger partial charge in [-0.15, -0.1) is 0 Å².